The number of hydrogen-bond donors (Lipinski definition) is 1. The molecule has 1 atom stereocenters. The van der Waals surface area contributed by atoms with E-state index >= 15 is 0 Å². The topological polar surface area (TPSA) is 48.7 Å². The minimum atomic E-state index is 0. The molecule has 0 fully saturated rings. The van der Waals surface area contributed by atoms with Crippen LogP contribution < -0.4 is 5.32 Å². The molecule has 0 saturated carbocycles. The van der Waals surface area contributed by atoms with Crippen molar-refractivity contribution in [2.24, 2.45) is 12.0 Å². The van der Waals surface area contributed by atoms with Gasteiger partial charge in [0.2, 0.25) is 0 Å². The monoisotopic (exact) mass is 436 g/mol. The zero-order chi connectivity index (χ0) is 16.5. The lowest BCUT2D eigenvalue weighted by Gasteiger charge is -2.25. The Bertz CT molecular complexity index is 457. The molecule has 0 radical (unpaired) electrons. The van der Waals surface area contributed by atoms with E-state index in [0.717, 1.165) is 25.6 Å². The Hall–Kier alpha value is -0.830. The molecule has 134 valence electrons. The Balaban J connectivity index is 0.00000484. The molecule has 23 heavy (non-hydrogen) atoms. The minimum Gasteiger partial charge on any atom is -0.357 e. The quantitative estimate of drug-likeness (QED) is 0.386. The third-order valence-electron chi connectivity index (χ3n) is 3.69. The number of unbranched alkanes of at least 4 members (excludes halogenated alkanes) is 1. The summed E-state index contributed by atoms with van der Waals surface area (Å²) < 4.78 is 1.84. The molecule has 0 bridgehead atoms. The molecule has 0 amide bonds. The second-order valence-electron chi connectivity index (χ2n) is 5.90. The lowest BCUT2D eigenvalue weighted by atomic mass is 10.1. The van der Waals surface area contributed by atoms with Gasteiger partial charge in [0.05, 0.1) is 18.8 Å². The van der Waals surface area contributed by atoms with Crippen LogP contribution in [0, 0.1) is 0 Å². The number of aromatic nitrogens is 2. The fraction of sp³-hybridized carbons (Fsp3) is 0.750. The number of nitrogens with zero attached hydrogens (tertiary/aromatic N) is 5. The first-order chi connectivity index (χ1) is 10.5. The van der Waals surface area contributed by atoms with Gasteiger partial charge in [-0.05, 0) is 27.4 Å². The van der Waals surface area contributed by atoms with Crippen LogP contribution in [0.3, 0.4) is 0 Å². The summed E-state index contributed by atoms with van der Waals surface area (Å²) in [6.45, 7) is 6.95. The first-order valence-electron chi connectivity index (χ1n) is 8.14. The summed E-state index contributed by atoms with van der Waals surface area (Å²) in [6.07, 6.45) is 6.36. The lowest BCUT2D eigenvalue weighted by molar-refractivity contribution is 0.305. The maximum Gasteiger partial charge on any atom is 0.193 e. The highest BCUT2D eigenvalue weighted by Crippen LogP contribution is 2.17. The van der Waals surface area contributed by atoms with Gasteiger partial charge in [0.15, 0.2) is 5.96 Å². The average molecular weight is 436 g/mol. The third-order valence-corrected chi connectivity index (χ3v) is 3.69. The van der Waals surface area contributed by atoms with Crippen LogP contribution >= 0.6 is 24.0 Å². The molecular formula is C16H33IN6. The molecule has 7 heteroatoms. The standard InChI is InChI=1S/C16H32N6.HI/c1-7-9-10-21(5)16(17-8-2)18-12-15(20(3)4)14-11-19-22(6)13-14;/h11,13,15H,7-10,12H2,1-6H3,(H,17,18);1H. The predicted octanol–water partition coefficient (Wildman–Crippen LogP) is 2.34. The Morgan fingerprint density at radius 2 is 2.04 bits per heavy atom. The van der Waals surface area contributed by atoms with Gasteiger partial charge >= 0.3 is 0 Å². The minimum absolute atomic E-state index is 0. The van der Waals surface area contributed by atoms with Gasteiger partial charge in [-0.1, -0.05) is 13.3 Å². The Morgan fingerprint density at radius 1 is 1.35 bits per heavy atom. The molecule has 0 aliphatic heterocycles. The maximum absolute atomic E-state index is 4.83. The average Bonchev–Trinajstić information content (AvgIpc) is 2.89. The molecule has 0 aliphatic carbocycles. The molecule has 0 spiro atoms. The molecule has 1 aromatic heterocycles. The van der Waals surface area contributed by atoms with E-state index in [1.165, 1.54) is 18.4 Å². The van der Waals surface area contributed by atoms with Gasteiger partial charge in [0, 0.05) is 38.9 Å². The first kappa shape index (κ1) is 22.2. The smallest absolute Gasteiger partial charge is 0.193 e. The summed E-state index contributed by atoms with van der Waals surface area (Å²) in [5, 5.41) is 7.65. The number of rotatable bonds is 8. The Morgan fingerprint density at radius 3 is 2.52 bits per heavy atom. The van der Waals surface area contributed by atoms with Crippen LogP contribution in [-0.4, -0.2) is 66.3 Å². The summed E-state index contributed by atoms with van der Waals surface area (Å²) >= 11 is 0. The van der Waals surface area contributed by atoms with Crippen LogP contribution in [0.5, 0.6) is 0 Å². The second kappa shape index (κ2) is 11.7. The zero-order valence-electron chi connectivity index (χ0n) is 15.4. The lowest BCUT2D eigenvalue weighted by Crippen LogP contribution is -2.40. The van der Waals surface area contributed by atoms with E-state index in [-0.39, 0.29) is 30.0 Å². The van der Waals surface area contributed by atoms with E-state index in [1.54, 1.807) is 0 Å². The predicted molar refractivity (Wildman–Crippen MR) is 109 cm³/mol. The molecule has 0 aliphatic rings. The molecular weight excluding hydrogens is 403 g/mol. The number of guanidine groups is 1. The van der Waals surface area contributed by atoms with Gasteiger partial charge in [-0.3, -0.25) is 9.67 Å². The molecule has 1 aromatic rings. The number of aliphatic imine (C=N–C) groups is 1. The van der Waals surface area contributed by atoms with E-state index < -0.39 is 0 Å². The third kappa shape index (κ3) is 7.52. The highest BCUT2D eigenvalue weighted by Gasteiger charge is 2.16. The summed E-state index contributed by atoms with van der Waals surface area (Å²) in [6, 6.07) is 0.238. The first-order valence-corrected chi connectivity index (χ1v) is 8.14. The highest BCUT2D eigenvalue weighted by atomic mass is 127. The van der Waals surface area contributed by atoms with Crippen molar-refractivity contribution in [3.05, 3.63) is 18.0 Å². The molecule has 0 saturated heterocycles. The van der Waals surface area contributed by atoms with Gasteiger partial charge in [-0.2, -0.15) is 5.10 Å². The number of hydrogen-bond acceptors (Lipinski definition) is 3. The van der Waals surface area contributed by atoms with Crippen molar-refractivity contribution in [1.29, 1.82) is 0 Å². The van der Waals surface area contributed by atoms with Gasteiger partial charge in [-0.15, -0.1) is 24.0 Å². The van der Waals surface area contributed by atoms with Crippen LogP contribution in [0.2, 0.25) is 0 Å². The van der Waals surface area contributed by atoms with Crippen LogP contribution in [0.1, 0.15) is 38.3 Å². The van der Waals surface area contributed by atoms with Crippen LogP contribution in [0.4, 0.5) is 0 Å². The zero-order valence-corrected chi connectivity index (χ0v) is 17.7. The molecule has 1 heterocycles. The number of nitrogens with one attached hydrogen (secondary N) is 1. The summed E-state index contributed by atoms with van der Waals surface area (Å²) in [5.74, 6) is 0.978. The van der Waals surface area contributed by atoms with Gasteiger partial charge < -0.3 is 15.1 Å². The normalized spacial score (nSPS) is 12.9. The summed E-state index contributed by atoms with van der Waals surface area (Å²) in [5.41, 5.74) is 1.20. The Kier molecular flexibility index (Phi) is 11.2. The van der Waals surface area contributed by atoms with E-state index in [9.17, 15) is 0 Å². The van der Waals surface area contributed by atoms with Crippen molar-refractivity contribution < 1.29 is 0 Å². The van der Waals surface area contributed by atoms with E-state index in [1.807, 2.05) is 17.9 Å². The highest BCUT2D eigenvalue weighted by molar-refractivity contribution is 14.0. The van der Waals surface area contributed by atoms with Gasteiger partial charge in [0.1, 0.15) is 0 Å². The largest absolute Gasteiger partial charge is 0.357 e. The molecule has 1 rings (SSSR count). The van der Waals surface area contributed by atoms with Crippen molar-refractivity contribution in [3.63, 3.8) is 0 Å². The summed E-state index contributed by atoms with van der Waals surface area (Å²) in [4.78, 5) is 9.23. The van der Waals surface area contributed by atoms with Gasteiger partial charge in [-0.25, -0.2) is 0 Å². The summed E-state index contributed by atoms with van der Waals surface area (Å²) in [7, 11) is 8.22. The molecule has 1 N–H and O–H groups in total. The SMILES string of the molecule is CCCCN(C)C(=NCC(c1cnn(C)c1)N(C)C)NCC.I. The van der Waals surface area contributed by atoms with Crippen molar-refractivity contribution in [1.82, 2.24) is 24.9 Å². The Labute approximate surface area is 158 Å². The number of aryl methyl sites for hydroxylation is 1. The van der Waals surface area contributed by atoms with E-state index in [2.05, 4.69) is 61.4 Å². The van der Waals surface area contributed by atoms with Crippen molar-refractivity contribution in [3.8, 4) is 0 Å². The molecule has 1 unspecified atom stereocenters. The molecule has 6 nitrogen and oxygen atoms in total. The van der Waals surface area contributed by atoms with Crippen molar-refractivity contribution in [2.75, 3.05) is 40.8 Å². The fourth-order valence-electron chi connectivity index (χ4n) is 2.32. The van der Waals surface area contributed by atoms with Gasteiger partial charge in [0.25, 0.3) is 0 Å². The number of likely N-dealkylation sites (N-methyl/N-ethyl adjacent to an activating group) is 1. The van der Waals surface area contributed by atoms with Crippen LogP contribution in [0.15, 0.2) is 17.4 Å². The van der Waals surface area contributed by atoms with E-state index in [0.29, 0.717) is 0 Å². The van der Waals surface area contributed by atoms with Crippen LogP contribution in [0.25, 0.3) is 0 Å². The van der Waals surface area contributed by atoms with Crippen LogP contribution in [-0.2, 0) is 7.05 Å². The van der Waals surface area contributed by atoms with Crippen molar-refractivity contribution >= 4 is 29.9 Å². The maximum atomic E-state index is 4.83. The van der Waals surface area contributed by atoms with Crippen molar-refractivity contribution in [2.45, 2.75) is 32.7 Å². The number of halogens is 1. The fourth-order valence-corrected chi connectivity index (χ4v) is 2.32. The van der Waals surface area contributed by atoms with E-state index in [4.69, 9.17) is 4.99 Å². The molecule has 0 aromatic carbocycles. The second-order valence-corrected chi connectivity index (χ2v) is 5.90.